The van der Waals surface area contributed by atoms with Gasteiger partial charge in [-0.15, -0.1) is 5.10 Å². The van der Waals surface area contributed by atoms with Crippen LogP contribution in [-0.4, -0.2) is 21.6 Å². The van der Waals surface area contributed by atoms with E-state index in [0.29, 0.717) is 12.5 Å². The molecule has 0 radical (unpaired) electrons. The van der Waals surface area contributed by atoms with E-state index < -0.39 is 0 Å². The molecular weight excluding hydrogens is 228 g/mol. The van der Waals surface area contributed by atoms with Crippen molar-refractivity contribution in [3.05, 3.63) is 36.2 Å². The molecule has 0 bridgehead atoms. The van der Waals surface area contributed by atoms with Crippen LogP contribution in [-0.2, 0) is 6.54 Å². The van der Waals surface area contributed by atoms with Crippen molar-refractivity contribution in [2.24, 2.45) is 11.7 Å². The largest absolute Gasteiger partial charge is 0.493 e. The summed E-state index contributed by atoms with van der Waals surface area (Å²) < 4.78 is 7.32. The van der Waals surface area contributed by atoms with Crippen LogP contribution in [0.2, 0.25) is 0 Å². The van der Waals surface area contributed by atoms with Crippen LogP contribution in [0.25, 0.3) is 5.69 Å². The van der Waals surface area contributed by atoms with E-state index in [2.05, 4.69) is 24.2 Å². The second kappa shape index (κ2) is 5.64. The van der Waals surface area contributed by atoms with Crippen LogP contribution in [0.3, 0.4) is 0 Å². The van der Waals surface area contributed by atoms with Crippen molar-refractivity contribution in [1.82, 2.24) is 15.0 Å². The van der Waals surface area contributed by atoms with Crippen LogP contribution in [0.4, 0.5) is 0 Å². The van der Waals surface area contributed by atoms with Crippen LogP contribution in [0.5, 0.6) is 5.75 Å². The summed E-state index contributed by atoms with van der Waals surface area (Å²) in [6.07, 6.45) is 1.82. The lowest BCUT2D eigenvalue weighted by molar-refractivity contribution is 0.271. The van der Waals surface area contributed by atoms with Crippen molar-refractivity contribution in [2.45, 2.75) is 20.4 Å². The molecule has 0 atom stereocenters. The molecule has 0 saturated carbocycles. The average molecular weight is 246 g/mol. The highest BCUT2D eigenvalue weighted by atomic mass is 16.5. The van der Waals surface area contributed by atoms with Gasteiger partial charge in [-0.05, 0) is 30.2 Å². The summed E-state index contributed by atoms with van der Waals surface area (Å²) in [6.45, 7) is 5.37. The molecule has 1 aromatic carbocycles. The molecule has 0 aliphatic rings. The van der Waals surface area contributed by atoms with Crippen LogP contribution in [0.1, 0.15) is 19.5 Å². The molecule has 0 amide bonds. The molecule has 0 spiro atoms. The first-order valence-electron chi connectivity index (χ1n) is 6.03. The summed E-state index contributed by atoms with van der Waals surface area (Å²) in [7, 11) is 0. The van der Waals surface area contributed by atoms with Crippen molar-refractivity contribution in [2.75, 3.05) is 6.61 Å². The van der Waals surface area contributed by atoms with E-state index in [1.807, 2.05) is 30.5 Å². The van der Waals surface area contributed by atoms with Gasteiger partial charge < -0.3 is 10.5 Å². The van der Waals surface area contributed by atoms with Gasteiger partial charge in [0.05, 0.1) is 24.2 Å². The van der Waals surface area contributed by atoms with E-state index in [4.69, 9.17) is 10.5 Å². The maximum atomic E-state index is 5.62. The fourth-order valence-electron chi connectivity index (χ4n) is 1.48. The lowest BCUT2D eigenvalue weighted by Crippen LogP contribution is -2.04. The Kier molecular flexibility index (Phi) is 3.94. The number of ether oxygens (including phenoxy) is 1. The van der Waals surface area contributed by atoms with Gasteiger partial charge >= 0.3 is 0 Å². The van der Waals surface area contributed by atoms with Gasteiger partial charge in [-0.1, -0.05) is 19.1 Å². The zero-order chi connectivity index (χ0) is 13.0. The first-order chi connectivity index (χ1) is 8.69. The second-order valence-electron chi connectivity index (χ2n) is 4.56. The van der Waals surface area contributed by atoms with Crippen molar-refractivity contribution >= 4 is 0 Å². The van der Waals surface area contributed by atoms with Gasteiger partial charge in [0.1, 0.15) is 5.75 Å². The molecule has 0 aliphatic carbocycles. The first-order valence-corrected chi connectivity index (χ1v) is 6.03. The monoisotopic (exact) mass is 246 g/mol. The molecule has 2 rings (SSSR count). The molecule has 5 heteroatoms. The molecule has 0 unspecified atom stereocenters. The number of rotatable bonds is 5. The summed E-state index contributed by atoms with van der Waals surface area (Å²) in [5.74, 6) is 1.39. The van der Waals surface area contributed by atoms with Crippen molar-refractivity contribution in [3.8, 4) is 11.4 Å². The van der Waals surface area contributed by atoms with Gasteiger partial charge in [0.2, 0.25) is 0 Å². The predicted octanol–water partition coefficient (Wildman–Crippen LogP) is 1.76. The van der Waals surface area contributed by atoms with Crippen LogP contribution in [0, 0.1) is 5.92 Å². The number of nitrogens with zero attached hydrogens (tertiary/aromatic N) is 3. The highest BCUT2D eigenvalue weighted by molar-refractivity contribution is 5.36. The van der Waals surface area contributed by atoms with E-state index in [-0.39, 0.29) is 0 Å². The Hall–Kier alpha value is -1.88. The van der Waals surface area contributed by atoms with Gasteiger partial charge in [-0.2, -0.15) is 0 Å². The van der Waals surface area contributed by atoms with Crippen molar-refractivity contribution < 1.29 is 4.74 Å². The Bertz CT molecular complexity index is 490. The van der Waals surface area contributed by atoms with E-state index in [1.165, 1.54) is 0 Å². The summed E-state index contributed by atoms with van der Waals surface area (Å²) in [5.41, 5.74) is 7.21. The SMILES string of the molecule is CC(C)COc1ccc(-n2cc(CN)nn2)cc1. The zero-order valence-corrected chi connectivity index (χ0v) is 10.7. The lowest BCUT2D eigenvalue weighted by Gasteiger charge is -2.08. The molecule has 18 heavy (non-hydrogen) atoms. The Morgan fingerprint density at radius 1 is 1.28 bits per heavy atom. The minimum atomic E-state index is 0.398. The standard InChI is InChI=1S/C13H18N4O/c1-10(2)9-18-13-5-3-12(4-6-13)17-8-11(7-14)15-16-17/h3-6,8,10H,7,9,14H2,1-2H3. The van der Waals surface area contributed by atoms with Crippen molar-refractivity contribution in [1.29, 1.82) is 0 Å². The molecule has 96 valence electrons. The first kappa shape index (κ1) is 12.6. The van der Waals surface area contributed by atoms with Crippen LogP contribution < -0.4 is 10.5 Å². The third-order valence-electron chi connectivity index (χ3n) is 2.43. The normalized spacial score (nSPS) is 10.9. The minimum absolute atomic E-state index is 0.398. The summed E-state index contributed by atoms with van der Waals surface area (Å²) >= 11 is 0. The molecular formula is C13H18N4O. The Morgan fingerprint density at radius 2 is 2.00 bits per heavy atom. The maximum Gasteiger partial charge on any atom is 0.119 e. The van der Waals surface area contributed by atoms with Gasteiger partial charge in [0.25, 0.3) is 0 Å². The van der Waals surface area contributed by atoms with Gasteiger partial charge in [-0.3, -0.25) is 0 Å². The van der Waals surface area contributed by atoms with E-state index in [1.54, 1.807) is 4.68 Å². The smallest absolute Gasteiger partial charge is 0.119 e. The maximum absolute atomic E-state index is 5.62. The number of benzene rings is 1. The number of hydrogen-bond acceptors (Lipinski definition) is 4. The van der Waals surface area contributed by atoms with E-state index in [0.717, 1.165) is 23.7 Å². The summed E-state index contributed by atoms with van der Waals surface area (Å²) in [6, 6.07) is 7.76. The van der Waals surface area contributed by atoms with Crippen LogP contribution >= 0.6 is 0 Å². The van der Waals surface area contributed by atoms with E-state index in [9.17, 15) is 0 Å². The number of nitrogens with two attached hydrogens (primary N) is 1. The van der Waals surface area contributed by atoms with E-state index >= 15 is 0 Å². The fraction of sp³-hybridized carbons (Fsp3) is 0.385. The predicted molar refractivity (Wildman–Crippen MR) is 69.6 cm³/mol. The molecule has 5 nitrogen and oxygen atoms in total. The number of hydrogen-bond donors (Lipinski definition) is 1. The Balaban J connectivity index is 2.07. The molecule has 1 heterocycles. The van der Waals surface area contributed by atoms with Crippen LogP contribution in [0.15, 0.2) is 30.5 Å². The molecule has 0 aliphatic heterocycles. The van der Waals surface area contributed by atoms with Gasteiger partial charge in [-0.25, -0.2) is 4.68 Å². The summed E-state index contributed by atoms with van der Waals surface area (Å²) in [4.78, 5) is 0. The third kappa shape index (κ3) is 3.07. The molecule has 2 aromatic rings. The zero-order valence-electron chi connectivity index (χ0n) is 10.7. The minimum Gasteiger partial charge on any atom is -0.493 e. The quantitative estimate of drug-likeness (QED) is 0.873. The molecule has 2 N–H and O–H groups in total. The highest BCUT2D eigenvalue weighted by Crippen LogP contribution is 2.15. The lowest BCUT2D eigenvalue weighted by atomic mass is 10.2. The Labute approximate surface area is 107 Å². The van der Waals surface area contributed by atoms with Crippen molar-refractivity contribution in [3.63, 3.8) is 0 Å². The third-order valence-corrected chi connectivity index (χ3v) is 2.43. The summed E-state index contributed by atoms with van der Waals surface area (Å²) in [5, 5.41) is 7.96. The number of aromatic nitrogens is 3. The molecule has 0 fully saturated rings. The van der Waals surface area contributed by atoms with Gasteiger partial charge in [0, 0.05) is 6.54 Å². The average Bonchev–Trinajstić information content (AvgIpc) is 2.85. The van der Waals surface area contributed by atoms with Gasteiger partial charge in [0.15, 0.2) is 0 Å². The fourth-order valence-corrected chi connectivity index (χ4v) is 1.48. The second-order valence-corrected chi connectivity index (χ2v) is 4.56. The highest BCUT2D eigenvalue weighted by Gasteiger charge is 2.02. The Morgan fingerprint density at radius 3 is 2.56 bits per heavy atom. The topological polar surface area (TPSA) is 66.0 Å². The molecule has 1 aromatic heterocycles. The molecule has 0 saturated heterocycles.